The Kier molecular flexibility index (Phi) is 5.34. The molecule has 1 saturated heterocycles. The molecule has 140 valence electrons. The van der Waals surface area contributed by atoms with Crippen LogP contribution in [0.15, 0.2) is 18.2 Å². The number of aryl methyl sites for hydroxylation is 1. The molecule has 2 aromatic rings. The summed E-state index contributed by atoms with van der Waals surface area (Å²) >= 11 is 0. The van der Waals surface area contributed by atoms with Crippen molar-refractivity contribution in [2.75, 3.05) is 18.0 Å². The van der Waals surface area contributed by atoms with Crippen molar-refractivity contribution < 1.29 is 4.39 Å². The summed E-state index contributed by atoms with van der Waals surface area (Å²) in [7, 11) is 0. The van der Waals surface area contributed by atoms with Gasteiger partial charge in [0.1, 0.15) is 5.82 Å². The molecule has 2 aliphatic rings. The number of nitrogens with zero attached hydrogens (tertiary/aromatic N) is 3. The maximum absolute atomic E-state index is 13.5. The SMILES string of the molecule is Cc1nc(N2CCCC(NC3CCCCC3)CC2)nc2ccc(F)cc12. The fourth-order valence-electron chi connectivity index (χ4n) is 4.45. The first-order valence-electron chi connectivity index (χ1n) is 10.1. The Labute approximate surface area is 155 Å². The van der Waals surface area contributed by atoms with Gasteiger partial charge in [-0.2, -0.15) is 0 Å². The van der Waals surface area contributed by atoms with Gasteiger partial charge >= 0.3 is 0 Å². The zero-order valence-corrected chi connectivity index (χ0v) is 15.7. The van der Waals surface area contributed by atoms with E-state index in [1.165, 1.54) is 50.7 Å². The Morgan fingerprint density at radius 3 is 2.58 bits per heavy atom. The van der Waals surface area contributed by atoms with Crippen molar-refractivity contribution in [1.82, 2.24) is 15.3 Å². The fourth-order valence-corrected chi connectivity index (χ4v) is 4.45. The normalized spacial score (nSPS) is 22.5. The number of rotatable bonds is 3. The lowest BCUT2D eigenvalue weighted by molar-refractivity contribution is 0.323. The van der Waals surface area contributed by atoms with Gasteiger partial charge in [0.15, 0.2) is 0 Å². The molecule has 0 bridgehead atoms. The molecule has 1 saturated carbocycles. The van der Waals surface area contributed by atoms with E-state index in [4.69, 9.17) is 4.98 Å². The molecule has 0 amide bonds. The molecule has 1 aliphatic heterocycles. The van der Waals surface area contributed by atoms with Gasteiger partial charge in [-0.1, -0.05) is 19.3 Å². The molecule has 2 heterocycles. The number of anilines is 1. The quantitative estimate of drug-likeness (QED) is 0.887. The molecule has 4 nitrogen and oxygen atoms in total. The predicted molar refractivity (Wildman–Crippen MR) is 104 cm³/mol. The van der Waals surface area contributed by atoms with Crippen molar-refractivity contribution in [3.8, 4) is 0 Å². The first kappa shape index (κ1) is 17.7. The summed E-state index contributed by atoms with van der Waals surface area (Å²) < 4.78 is 13.5. The van der Waals surface area contributed by atoms with Crippen LogP contribution in [0.2, 0.25) is 0 Å². The third-order valence-electron chi connectivity index (χ3n) is 5.92. The summed E-state index contributed by atoms with van der Waals surface area (Å²) in [5.74, 6) is 0.559. The molecule has 1 aromatic heterocycles. The van der Waals surface area contributed by atoms with E-state index >= 15 is 0 Å². The van der Waals surface area contributed by atoms with Crippen molar-refractivity contribution in [3.63, 3.8) is 0 Å². The minimum absolute atomic E-state index is 0.233. The van der Waals surface area contributed by atoms with Crippen LogP contribution in [-0.2, 0) is 0 Å². The van der Waals surface area contributed by atoms with E-state index in [1.54, 1.807) is 6.07 Å². The number of hydrogen-bond acceptors (Lipinski definition) is 4. The van der Waals surface area contributed by atoms with E-state index in [9.17, 15) is 4.39 Å². The Morgan fingerprint density at radius 2 is 1.73 bits per heavy atom. The molecule has 26 heavy (non-hydrogen) atoms. The van der Waals surface area contributed by atoms with Gasteiger partial charge in [-0.25, -0.2) is 14.4 Å². The van der Waals surface area contributed by atoms with Gasteiger partial charge < -0.3 is 10.2 Å². The topological polar surface area (TPSA) is 41.1 Å². The average molecular weight is 356 g/mol. The van der Waals surface area contributed by atoms with Crippen LogP contribution >= 0.6 is 0 Å². The summed E-state index contributed by atoms with van der Waals surface area (Å²) in [5.41, 5.74) is 1.68. The number of hydrogen-bond donors (Lipinski definition) is 1. The third-order valence-corrected chi connectivity index (χ3v) is 5.92. The zero-order valence-electron chi connectivity index (χ0n) is 15.7. The maximum atomic E-state index is 13.5. The van der Waals surface area contributed by atoms with Crippen molar-refractivity contribution in [2.45, 2.75) is 70.4 Å². The molecule has 0 radical (unpaired) electrons. The van der Waals surface area contributed by atoms with Crippen LogP contribution in [0.3, 0.4) is 0 Å². The lowest BCUT2D eigenvalue weighted by atomic mass is 9.94. The average Bonchev–Trinajstić information content (AvgIpc) is 2.89. The molecule has 5 heteroatoms. The number of aromatic nitrogens is 2. The second kappa shape index (κ2) is 7.87. The van der Waals surface area contributed by atoms with Crippen LogP contribution in [0.5, 0.6) is 0 Å². The second-order valence-electron chi connectivity index (χ2n) is 7.89. The minimum atomic E-state index is -0.233. The number of benzene rings is 1. The lowest BCUT2D eigenvalue weighted by Crippen LogP contribution is -2.40. The minimum Gasteiger partial charge on any atom is -0.341 e. The van der Waals surface area contributed by atoms with E-state index < -0.39 is 0 Å². The Bertz CT molecular complexity index is 757. The highest BCUT2D eigenvalue weighted by molar-refractivity contribution is 5.81. The van der Waals surface area contributed by atoms with Crippen molar-refractivity contribution >= 4 is 16.9 Å². The van der Waals surface area contributed by atoms with Gasteiger partial charge in [0.2, 0.25) is 5.95 Å². The molecule has 2 fully saturated rings. The van der Waals surface area contributed by atoms with Gasteiger partial charge in [0, 0.05) is 30.6 Å². The van der Waals surface area contributed by atoms with E-state index in [-0.39, 0.29) is 5.82 Å². The number of halogens is 1. The van der Waals surface area contributed by atoms with Crippen LogP contribution in [0.25, 0.3) is 10.9 Å². The van der Waals surface area contributed by atoms with Gasteiger partial charge in [0.05, 0.1) is 11.2 Å². The van der Waals surface area contributed by atoms with Crippen molar-refractivity contribution in [1.29, 1.82) is 0 Å². The van der Waals surface area contributed by atoms with Crippen molar-refractivity contribution in [2.24, 2.45) is 0 Å². The van der Waals surface area contributed by atoms with Crippen LogP contribution in [0.1, 0.15) is 57.1 Å². The monoisotopic (exact) mass is 356 g/mol. The van der Waals surface area contributed by atoms with E-state index in [2.05, 4.69) is 15.2 Å². The molecular weight excluding hydrogens is 327 g/mol. The summed E-state index contributed by atoms with van der Waals surface area (Å²) in [6, 6.07) is 6.09. The van der Waals surface area contributed by atoms with Gasteiger partial charge in [0.25, 0.3) is 0 Å². The van der Waals surface area contributed by atoms with Gasteiger partial charge in [-0.15, -0.1) is 0 Å². The molecule has 1 aliphatic carbocycles. The molecule has 0 spiro atoms. The molecule has 1 unspecified atom stereocenters. The van der Waals surface area contributed by atoms with Crippen molar-refractivity contribution in [3.05, 3.63) is 29.7 Å². The summed E-state index contributed by atoms with van der Waals surface area (Å²) in [6.07, 6.45) is 10.4. The van der Waals surface area contributed by atoms with E-state index in [0.29, 0.717) is 12.1 Å². The number of fused-ring (bicyclic) bond motifs is 1. The lowest BCUT2D eigenvalue weighted by Gasteiger charge is -2.28. The smallest absolute Gasteiger partial charge is 0.226 e. The second-order valence-corrected chi connectivity index (χ2v) is 7.89. The Balaban J connectivity index is 1.45. The Morgan fingerprint density at radius 1 is 0.962 bits per heavy atom. The van der Waals surface area contributed by atoms with Gasteiger partial charge in [-0.3, -0.25) is 0 Å². The van der Waals surface area contributed by atoms with E-state index in [1.807, 2.05) is 6.92 Å². The first-order valence-corrected chi connectivity index (χ1v) is 10.1. The molecule has 4 rings (SSSR count). The number of nitrogens with one attached hydrogen (secondary N) is 1. The molecule has 1 aromatic carbocycles. The summed E-state index contributed by atoms with van der Waals surface area (Å²) in [5, 5.41) is 4.71. The molecule has 1 N–H and O–H groups in total. The largest absolute Gasteiger partial charge is 0.341 e. The standard InChI is InChI=1S/C21H29FN4/c1-15-19-14-16(22)9-10-20(19)25-21(23-15)26-12-5-8-18(11-13-26)24-17-6-3-2-4-7-17/h9-10,14,17-18,24H,2-8,11-13H2,1H3. The highest BCUT2D eigenvalue weighted by Gasteiger charge is 2.22. The molecule has 1 atom stereocenters. The van der Waals surface area contributed by atoms with Crippen LogP contribution < -0.4 is 10.2 Å². The van der Waals surface area contributed by atoms with Gasteiger partial charge in [-0.05, 0) is 57.2 Å². The van der Waals surface area contributed by atoms with Crippen LogP contribution in [0.4, 0.5) is 10.3 Å². The maximum Gasteiger partial charge on any atom is 0.226 e. The highest BCUT2D eigenvalue weighted by atomic mass is 19.1. The van der Waals surface area contributed by atoms with Crippen LogP contribution in [0, 0.1) is 12.7 Å². The zero-order chi connectivity index (χ0) is 17.9. The predicted octanol–water partition coefficient (Wildman–Crippen LogP) is 4.36. The third kappa shape index (κ3) is 3.98. The molecular formula is C21H29FN4. The summed E-state index contributed by atoms with van der Waals surface area (Å²) in [6.45, 7) is 3.92. The summed E-state index contributed by atoms with van der Waals surface area (Å²) in [4.78, 5) is 11.7. The highest BCUT2D eigenvalue weighted by Crippen LogP contribution is 2.24. The van der Waals surface area contributed by atoms with E-state index in [0.717, 1.165) is 48.5 Å². The first-order chi connectivity index (χ1) is 12.7. The van der Waals surface area contributed by atoms with Crippen LogP contribution in [-0.4, -0.2) is 35.1 Å². The fraction of sp³-hybridized carbons (Fsp3) is 0.619. The Hall–Kier alpha value is -1.75.